The van der Waals surface area contributed by atoms with Crippen LogP contribution in [0.1, 0.15) is 13.8 Å². The normalized spacial score (nSPS) is 26.4. The molecule has 1 aliphatic rings. The van der Waals surface area contributed by atoms with E-state index < -0.39 is 10.0 Å². The van der Waals surface area contributed by atoms with Gasteiger partial charge in [0.25, 0.3) is 10.0 Å². The molecule has 0 bridgehead atoms. The molecule has 2 heterocycles. The number of morpholine rings is 1. The van der Waals surface area contributed by atoms with Crippen molar-refractivity contribution in [3.05, 3.63) is 14.9 Å². The molecule has 8 heteroatoms. The van der Waals surface area contributed by atoms with Crippen LogP contribution in [0.2, 0.25) is 5.02 Å². The van der Waals surface area contributed by atoms with Crippen molar-refractivity contribution in [3.8, 4) is 0 Å². The average Bonchev–Trinajstić information content (AvgIpc) is 2.58. The highest BCUT2D eigenvalue weighted by Gasteiger charge is 2.33. The first-order chi connectivity index (χ1) is 8.30. The molecule has 1 fully saturated rings. The maximum absolute atomic E-state index is 12.4. The second-order valence-electron chi connectivity index (χ2n) is 4.27. The number of sulfonamides is 1. The molecule has 4 nitrogen and oxygen atoms in total. The molecule has 18 heavy (non-hydrogen) atoms. The van der Waals surface area contributed by atoms with E-state index in [0.717, 1.165) is 11.3 Å². The number of nitrogens with zero attached hydrogens (tertiary/aromatic N) is 1. The Bertz CT molecular complexity index is 516. The number of hydrogen-bond donors (Lipinski definition) is 0. The van der Waals surface area contributed by atoms with Crippen LogP contribution in [0.3, 0.4) is 0 Å². The van der Waals surface area contributed by atoms with Gasteiger partial charge < -0.3 is 4.74 Å². The first kappa shape index (κ1) is 14.7. The summed E-state index contributed by atoms with van der Waals surface area (Å²) in [5.74, 6) is 0. The van der Waals surface area contributed by atoms with E-state index in [1.807, 2.05) is 13.8 Å². The lowest BCUT2D eigenvalue weighted by atomic mass is 10.3. The van der Waals surface area contributed by atoms with Gasteiger partial charge in [-0.25, -0.2) is 8.42 Å². The molecular formula is C10H13BrClNO3S2. The summed E-state index contributed by atoms with van der Waals surface area (Å²) in [6.45, 7) is 4.49. The van der Waals surface area contributed by atoms with Crippen LogP contribution in [0.15, 0.2) is 14.1 Å². The van der Waals surface area contributed by atoms with Crippen LogP contribution in [0, 0.1) is 0 Å². The number of rotatable bonds is 2. The van der Waals surface area contributed by atoms with E-state index >= 15 is 0 Å². The largest absolute Gasteiger partial charge is 0.373 e. The van der Waals surface area contributed by atoms with Crippen molar-refractivity contribution < 1.29 is 13.2 Å². The Morgan fingerprint density at radius 1 is 1.44 bits per heavy atom. The molecule has 0 N–H and O–H groups in total. The zero-order valence-electron chi connectivity index (χ0n) is 9.89. The van der Waals surface area contributed by atoms with Crippen LogP contribution in [-0.4, -0.2) is 38.0 Å². The third kappa shape index (κ3) is 2.91. The van der Waals surface area contributed by atoms with E-state index in [9.17, 15) is 8.42 Å². The Kier molecular flexibility index (Phi) is 4.40. The smallest absolute Gasteiger partial charge is 0.252 e. The fourth-order valence-electron chi connectivity index (χ4n) is 1.91. The summed E-state index contributed by atoms with van der Waals surface area (Å²) in [5, 5.41) is 0.424. The number of thiophene rings is 1. The molecule has 1 aromatic heterocycles. The lowest BCUT2D eigenvalue weighted by Gasteiger charge is -2.34. The Morgan fingerprint density at radius 3 is 2.44 bits per heavy atom. The molecule has 102 valence electrons. The third-order valence-corrected chi connectivity index (χ3v) is 7.36. The minimum absolute atomic E-state index is 0.0950. The monoisotopic (exact) mass is 373 g/mol. The van der Waals surface area contributed by atoms with E-state index in [4.69, 9.17) is 16.3 Å². The Morgan fingerprint density at radius 2 is 2.00 bits per heavy atom. The maximum atomic E-state index is 12.4. The van der Waals surface area contributed by atoms with Crippen LogP contribution in [0.4, 0.5) is 0 Å². The first-order valence-corrected chi connectivity index (χ1v) is 8.84. The third-order valence-electron chi connectivity index (χ3n) is 2.60. The minimum Gasteiger partial charge on any atom is -0.373 e. The Balaban J connectivity index is 2.30. The molecule has 0 spiro atoms. The van der Waals surface area contributed by atoms with Gasteiger partial charge in [0.15, 0.2) is 0 Å². The fourth-order valence-corrected chi connectivity index (χ4v) is 6.05. The minimum atomic E-state index is -3.47. The molecule has 0 unspecified atom stereocenters. The molecular weight excluding hydrogens is 362 g/mol. The molecule has 1 saturated heterocycles. The van der Waals surface area contributed by atoms with Gasteiger partial charge in [0.1, 0.15) is 4.21 Å². The molecule has 0 amide bonds. The van der Waals surface area contributed by atoms with Crippen molar-refractivity contribution in [2.45, 2.75) is 30.3 Å². The van der Waals surface area contributed by atoms with Gasteiger partial charge in [-0.05, 0) is 35.8 Å². The highest BCUT2D eigenvalue weighted by atomic mass is 79.9. The SMILES string of the molecule is C[C@@H]1CN(S(=O)(=O)c2cc(Cl)c(Br)s2)C[C@H](C)O1. The summed E-state index contributed by atoms with van der Waals surface area (Å²) in [4.78, 5) is 0. The second-order valence-corrected chi connectivity index (χ2v) is 9.21. The standard InChI is InChI=1S/C10H13BrClNO3S2/c1-6-4-13(5-7(2)16-6)18(14,15)9-3-8(12)10(11)17-9/h3,6-7H,4-5H2,1-2H3/t6-,7+. The van der Waals surface area contributed by atoms with Gasteiger partial charge in [0, 0.05) is 13.1 Å². The van der Waals surface area contributed by atoms with Gasteiger partial charge in [0.2, 0.25) is 0 Å². The van der Waals surface area contributed by atoms with Crippen molar-refractivity contribution in [3.63, 3.8) is 0 Å². The predicted molar refractivity (Wildman–Crippen MR) is 75.8 cm³/mol. The summed E-state index contributed by atoms with van der Waals surface area (Å²) in [5.41, 5.74) is 0. The molecule has 2 atom stereocenters. The van der Waals surface area contributed by atoms with Crippen molar-refractivity contribution >= 4 is 48.9 Å². The summed E-state index contributed by atoms with van der Waals surface area (Å²) in [6, 6.07) is 1.48. The van der Waals surface area contributed by atoms with E-state index in [-0.39, 0.29) is 16.4 Å². The van der Waals surface area contributed by atoms with Gasteiger partial charge in [-0.1, -0.05) is 11.6 Å². The van der Waals surface area contributed by atoms with Crippen molar-refractivity contribution in [2.75, 3.05) is 13.1 Å². The van der Waals surface area contributed by atoms with Gasteiger partial charge in [-0.3, -0.25) is 0 Å². The quantitative estimate of drug-likeness (QED) is 0.799. The van der Waals surface area contributed by atoms with Gasteiger partial charge >= 0.3 is 0 Å². The summed E-state index contributed by atoms with van der Waals surface area (Å²) >= 11 is 10.3. The zero-order chi connectivity index (χ0) is 13.5. The first-order valence-electron chi connectivity index (χ1n) is 5.41. The van der Waals surface area contributed by atoms with Crippen LogP contribution >= 0.6 is 38.9 Å². The number of halogens is 2. The van der Waals surface area contributed by atoms with Crippen LogP contribution in [0.25, 0.3) is 0 Å². The van der Waals surface area contributed by atoms with Crippen LogP contribution in [-0.2, 0) is 14.8 Å². The number of hydrogen-bond acceptors (Lipinski definition) is 4. The fraction of sp³-hybridized carbons (Fsp3) is 0.600. The molecule has 2 rings (SSSR count). The lowest BCUT2D eigenvalue weighted by molar-refractivity contribution is -0.0440. The molecule has 0 saturated carbocycles. The number of ether oxygens (including phenoxy) is 1. The molecule has 0 radical (unpaired) electrons. The van der Waals surface area contributed by atoms with E-state index in [1.54, 1.807) is 0 Å². The van der Waals surface area contributed by atoms with E-state index in [0.29, 0.717) is 21.9 Å². The summed E-state index contributed by atoms with van der Waals surface area (Å²) < 4.78 is 32.8. The highest BCUT2D eigenvalue weighted by Crippen LogP contribution is 2.36. The molecule has 0 aromatic carbocycles. The van der Waals surface area contributed by atoms with Gasteiger partial charge in [-0.2, -0.15) is 4.31 Å². The van der Waals surface area contributed by atoms with E-state index in [2.05, 4.69) is 15.9 Å². The Labute approximate surface area is 124 Å². The molecule has 0 aliphatic carbocycles. The molecule has 1 aliphatic heterocycles. The van der Waals surface area contributed by atoms with Gasteiger partial charge in [-0.15, -0.1) is 11.3 Å². The van der Waals surface area contributed by atoms with Crippen molar-refractivity contribution in [1.29, 1.82) is 0 Å². The molecule has 1 aromatic rings. The lowest BCUT2D eigenvalue weighted by Crippen LogP contribution is -2.47. The average molecular weight is 375 g/mol. The second kappa shape index (κ2) is 5.38. The Hall–Kier alpha value is 0.340. The van der Waals surface area contributed by atoms with Crippen molar-refractivity contribution in [1.82, 2.24) is 4.31 Å². The van der Waals surface area contributed by atoms with Crippen molar-refractivity contribution in [2.24, 2.45) is 0 Å². The summed E-state index contributed by atoms with van der Waals surface area (Å²) in [6.07, 6.45) is -0.190. The van der Waals surface area contributed by atoms with Gasteiger partial charge in [0.05, 0.1) is 21.0 Å². The topological polar surface area (TPSA) is 46.6 Å². The van der Waals surface area contributed by atoms with E-state index in [1.165, 1.54) is 10.4 Å². The predicted octanol–water partition coefficient (Wildman–Crippen LogP) is 2.96. The zero-order valence-corrected chi connectivity index (χ0v) is 13.9. The van der Waals surface area contributed by atoms with Crippen LogP contribution in [0.5, 0.6) is 0 Å². The highest BCUT2D eigenvalue weighted by molar-refractivity contribution is 9.11. The summed E-state index contributed by atoms with van der Waals surface area (Å²) in [7, 11) is -3.47. The maximum Gasteiger partial charge on any atom is 0.252 e. The van der Waals surface area contributed by atoms with Crippen LogP contribution < -0.4 is 0 Å².